The van der Waals surface area contributed by atoms with Gasteiger partial charge in [-0.25, -0.2) is 0 Å². The topological polar surface area (TPSA) is 20.3 Å². The van der Waals surface area contributed by atoms with Gasteiger partial charge in [-0.05, 0) is 39.9 Å². The summed E-state index contributed by atoms with van der Waals surface area (Å²) in [5.74, 6) is 0.263. The van der Waals surface area contributed by atoms with E-state index in [0.29, 0.717) is 12.5 Å². The molecule has 88 valence electrons. The molecule has 0 saturated carbocycles. The van der Waals surface area contributed by atoms with E-state index < -0.39 is 0 Å². The average molecular weight is 219 g/mol. The maximum absolute atomic E-state index is 11.0. The summed E-state index contributed by atoms with van der Waals surface area (Å²) in [5, 5.41) is 0. The summed E-state index contributed by atoms with van der Waals surface area (Å²) in [5.41, 5.74) is 2.56. The number of carbonyl (C=O) groups excluding carboxylic acids is 1. The van der Waals surface area contributed by atoms with Crippen molar-refractivity contribution in [2.24, 2.45) is 0 Å². The van der Waals surface area contributed by atoms with Crippen molar-refractivity contribution in [1.82, 2.24) is 4.90 Å². The van der Waals surface area contributed by atoms with Crippen molar-refractivity contribution in [1.29, 1.82) is 0 Å². The number of carbonyl (C=O) groups is 1. The molecule has 0 spiro atoms. The van der Waals surface area contributed by atoms with Crippen LogP contribution in [0.4, 0.5) is 0 Å². The van der Waals surface area contributed by atoms with Crippen LogP contribution in [0.5, 0.6) is 0 Å². The molecule has 1 atom stereocenters. The van der Waals surface area contributed by atoms with Crippen molar-refractivity contribution >= 4 is 5.78 Å². The number of nitrogens with zero attached hydrogens (tertiary/aromatic N) is 1. The Balaban J connectivity index is 2.77. The number of benzene rings is 1. The Morgan fingerprint density at radius 1 is 1.25 bits per heavy atom. The molecule has 1 aromatic carbocycles. The monoisotopic (exact) mass is 219 g/mol. The molecule has 2 nitrogen and oxygen atoms in total. The molecular weight excluding hydrogens is 198 g/mol. The zero-order valence-corrected chi connectivity index (χ0v) is 10.7. The van der Waals surface area contributed by atoms with Gasteiger partial charge in [0.25, 0.3) is 0 Å². The minimum absolute atomic E-state index is 0.263. The molecule has 1 rings (SSSR count). The lowest BCUT2D eigenvalue weighted by atomic mass is 9.99. The lowest BCUT2D eigenvalue weighted by Gasteiger charge is -2.24. The highest BCUT2D eigenvalue weighted by molar-refractivity contribution is 5.75. The predicted octanol–water partition coefficient (Wildman–Crippen LogP) is 2.97. The predicted molar refractivity (Wildman–Crippen MR) is 67.5 cm³/mol. The van der Waals surface area contributed by atoms with E-state index >= 15 is 0 Å². The van der Waals surface area contributed by atoms with Crippen LogP contribution in [0.1, 0.15) is 36.9 Å². The molecule has 16 heavy (non-hydrogen) atoms. The number of hydrogen-bond donors (Lipinski definition) is 0. The molecule has 0 aromatic heterocycles. The van der Waals surface area contributed by atoms with E-state index in [0.717, 1.165) is 6.42 Å². The Kier molecular flexibility index (Phi) is 4.69. The van der Waals surface area contributed by atoms with Crippen molar-refractivity contribution in [3.8, 4) is 0 Å². The summed E-state index contributed by atoms with van der Waals surface area (Å²) in [4.78, 5) is 13.2. The van der Waals surface area contributed by atoms with Gasteiger partial charge in [-0.15, -0.1) is 0 Å². The fourth-order valence-corrected chi connectivity index (χ4v) is 1.85. The Morgan fingerprint density at radius 2 is 1.81 bits per heavy atom. The molecule has 1 unspecified atom stereocenters. The van der Waals surface area contributed by atoms with E-state index in [9.17, 15) is 4.79 Å². The van der Waals surface area contributed by atoms with Gasteiger partial charge in [0.15, 0.2) is 0 Å². The van der Waals surface area contributed by atoms with Crippen molar-refractivity contribution in [2.75, 3.05) is 14.1 Å². The van der Waals surface area contributed by atoms with Crippen LogP contribution in [-0.4, -0.2) is 24.8 Å². The first-order chi connectivity index (χ1) is 7.50. The van der Waals surface area contributed by atoms with E-state index in [1.165, 1.54) is 11.1 Å². The number of ketones is 1. The molecule has 2 heteroatoms. The van der Waals surface area contributed by atoms with Gasteiger partial charge in [0.1, 0.15) is 5.78 Å². The van der Waals surface area contributed by atoms with Crippen molar-refractivity contribution in [3.63, 3.8) is 0 Å². The first-order valence-corrected chi connectivity index (χ1v) is 5.73. The molecule has 0 aliphatic carbocycles. The molecular formula is C14H21NO. The fraction of sp³-hybridized carbons (Fsp3) is 0.500. The lowest BCUT2D eigenvalue weighted by Crippen LogP contribution is -2.20. The van der Waals surface area contributed by atoms with Crippen LogP contribution in [0.2, 0.25) is 0 Å². The second kappa shape index (κ2) is 5.80. The summed E-state index contributed by atoms with van der Waals surface area (Å²) >= 11 is 0. The first-order valence-electron chi connectivity index (χ1n) is 5.73. The van der Waals surface area contributed by atoms with Crippen LogP contribution >= 0.6 is 0 Å². The van der Waals surface area contributed by atoms with Crippen LogP contribution in [0.3, 0.4) is 0 Å². The summed E-state index contributed by atoms with van der Waals surface area (Å²) in [6, 6.07) is 8.89. The lowest BCUT2D eigenvalue weighted by molar-refractivity contribution is -0.117. The number of Topliss-reactive ketones (excluding diaryl/α,β-unsaturated/α-hetero) is 1. The molecule has 0 heterocycles. The highest BCUT2D eigenvalue weighted by Crippen LogP contribution is 2.23. The third-order valence-electron chi connectivity index (χ3n) is 2.86. The second-order valence-corrected chi connectivity index (χ2v) is 4.63. The summed E-state index contributed by atoms with van der Waals surface area (Å²) in [6.45, 7) is 3.74. The van der Waals surface area contributed by atoms with Crippen LogP contribution in [0, 0.1) is 6.92 Å². The van der Waals surface area contributed by atoms with Gasteiger partial charge in [-0.1, -0.05) is 29.8 Å². The van der Waals surface area contributed by atoms with Gasteiger partial charge in [0.2, 0.25) is 0 Å². The van der Waals surface area contributed by atoms with Gasteiger partial charge in [0, 0.05) is 12.5 Å². The molecule has 0 bridgehead atoms. The number of hydrogen-bond acceptors (Lipinski definition) is 2. The molecule has 0 saturated heterocycles. The normalized spacial score (nSPS) is 12.8. The molecule has 0 aliphatic rings. The molecule has 0 fully saturated rings. The standard InChI is InChI=1S/C14H21NO/c1-11-5-8-13(9-6-11)14(15(3)4)10-7-12(2)16/h5-6,8-9,14H,7,10H2,1-4H3. The SMILES string of the molecule is CC(=O)CCC(c1ccc(C)cc1)N(C)C. The van der Waals surface area contributed by atoms with E-state index in [1.807, 2.05) is 0 Å². The highest BCUT2D eigenvalue weighted by atomic mass is 16.1. The summed E-state index contributed by atoms with van der Waals surface area (Å²) < 4.78 is 0. The highest BCUT2D eigenvalue weighted by Gasteiger charge is 2.14. The maximum Gasteiger partial charge on any atom is 0.129 e. The minimum Gasteiger partial charge on any atom is -0.302 e. The molecule has 0 radical (unpaired) electrons. The van der Waals surface area contributed by atoms with Crippen molar-refractivity contribution < 1.29 is 4.79 Å². The van der Waals surface area contributed by atoms with Crippen LogP contribution < -0.4 is 0 Å². The number of rotatable bonds is 5. The number of aryl methyl sites for hydroxylation is 1. The molecule has 1 aromatic rings. The largest absolute Gasteiger partial charge is 0.302 e. The fourth-order valence-electron chi connectivity index (χ4n) is 1.85. The van der Waals surface area contributed by atoms with Crippen molar-refractivity contribution in [2.45, 2.75) is 32.7 Å². The van der Waals surface area contributed by atoms with Crippen LogP contribution in [0.25, 0.3) is 0 Å². The molecule has 0 aliphatic heterocycles. The summed E-state index contributed by atoms with van der Waals surface area (Å²) in [7, 11) is 4.12. The second-order valence-electron chi connectivity index (χ2n) is 4.63. The Morgan fingerprint density at radius 3 is 2.25 bits per heavy atom. The van der Waals surface area contributed by atoms with Gasteiger partial charge in [0.05, 0.1) is 0 Å². The summed E-state index contributed by atoms with van der Waals surface area (Å²) in [6.07, 6.45) is 1.54. The Hall–Kier alpha value is -1.15. The quantitative estimate of drug-likeness (QED) is 0.759. The smallest absolute Gasteiger partial charge is 0.129 e. The Labute approximate surface area is 98.3 Å². The van der Waals surface area contributed by atoms with Gasteiger partial charge >= 0.3 is 0 Å². The maximum atomic E-state index is 11.0. The molecule has 0 amide bonds. The van der Waals surface area contributed by atoms with E-state index in [1.54, 1.807) is 6.92 Å². The Bertz CT molecular complexity index is 340. The first kappa shape index (κ1) is 12.9. The van der Waals surface area contributed by atoms with E-state index in [2.05, 4.69) is 50.2 Å². The van der Waals surface area contributed by atoms with Gasteiger partial charge in [-0.2, -0.15) is 0 Å². The molecule has 0 N–H and O–H groups in total. The third kappa shape index (κ3) is 3.78. The van der Waals surface area contributed by atoms with Crippen LogP contribution in [-0.2, 0) is 4.79 Å². The van der Waals surface area contributed by atoms with Gasteiger partial charge in [-0.3, -0.25) is 0 Å². The zero-order valence-electron chi connectivity index (χ0n) is 10.7. The van der Waals surface area contributed by atoms with Crippen LogP contribution in [0.15, 0.2) is 24.3 Å². The van der Waals surface area contributed by atoms with E-state index in [4.69, 9.17) is 0 Å². The van der Waals surface area contributed by atoms with Crippen molar-refractivity contribution in [3.05, 3.63) is 35.4 Å². The van der Waals surface area contributed by atoms with Gasteiger partial charge < -0.3 is 9.69 Å². The zero-order chi connectivity index (χ0) is 12.1. The average Bonchev–Trinajstić information content (AvgIpc) is 2.20. The third-order valence-corrected chi connectivity index (χ3v) is 2.86. The van der Waals surface area contributed by atoms with E-state index in [-0.39, 0.29) is 5.78 Å². The minimum atomic E-state index is 0.263.